The molecule has 1 aliphatic carbocycles. The van der Waals surface area contributed by atoms with Gasteiger partial charge in [-0.15, -0.1) is 0 Å². The van der Waals surface area contributed by atoms with E-state index in [1.54, 1.807) is 0 Å². The average molecular weight is 209 g/mol. The second-order valence-electron chi connectivity index (χ2n) is 4.81. The maximum absolute atomic E-state index is 6.00. The fourth-order valence-corrected chi connectivity index (χ4v) is 2.90. The van der Waals surface area contributed by atoms with Gasteiger partial charge in [-0.1, -0.05) is 32.6 Å². The van der Waals surface area contributed by atoms with E-state index in [0.717, 1.165) is 12.5 Å². The highest BCUT2D eigenvalue weighted by atomic mass is 15.3. The molecular formula is C12H23N3. The van der Waals surface area contributed by atoms with Crippen molar-refractivity contribution in [2.75, 3.05) is 6.54 Å². The third-order valence-electron chi connectivity index (χ3n) is 3.81. The van der Waals surface area contributed by atoms with Gasteiger partial charge in [0.25, 0.3) is 0 Å². The van der Waals surface area contributed by atoms with Gasteiger partial charge in [-0.3, -0.25) is 4.99 Å². The molecular weight excluding hydrogens is 186 g/mol. The van der Waals surface area contributed by atoms with Crippen molar-refractivity contribution in [3.63, 3.8) is 0 Å². The van der Waals surface area contributed by atoms with Crippen LogP contribution in [0.5, 0.6) is 0 Å². The number of guanidine groups is 1. The average Bonchev–Trinajstić information content (AvgIpc) is 2.48. The summed E-state index contributed by atoms with van der Waals surface area (Å²) in [4.78, 5) is 6.80. The topological polar surface area (TPSA) is 41.6 Å². The molecule has 2 rings (SSSR count). The van der Waals surface area contributed by atoms with Crippen LogP contribution in [0.1, 0.15) is 51.9 Å². The Morgan fingerprint density at radius 1 is 1.27 bits per heavy atom. The quantitative estimate of drug-likeness (QED) is 0.708. The van der Waals surface area contributed by atoms with Crippen molar-refractivity contribution in [2.45, 2.75) is 64.0 Å². The monoisotopic (exact) mass is 209 g/mol. The Hall–Kier alpha value is -0.730. The minimum atomic E-state index is 0.577. The van der Waals surface area contributed by atoms with Crippen molar-refractivity contribution in [2.24, 2.45) is 10.7 Å². The van der Waals surface area contributed by atoms with Crippen LogP contribution in [-0.4, -0.2) is 29.5 Å². The zero-order chi connectivity index (χ0) is 10.7. The van der Waals surface area contributed by atoms with Crippen LogP contribution >= 0.6 is 0 Å². The Kier molecular flexibility index (Phi) is 3.49. The summed E-state index contributed by atoms with van der Waals surface area (Å²) in [5.41, 5.74) is 6.00. The van der Waals surface area contributed by atoms with Gasteiger partial charge in [-0.25, -0.2) is 0 Å². The zero-order valence-corrected chi connectivity index (χ0v) is 9.78. The normalized spacial score (nSPS) is 29.0. The first-order valence-corrected chi connectivity index (χ1v) is 6.41. The molecule has 0 aromatic heterocycles. The highest BCUT2D eigenvalue weighted by molar-refractivity contribution is 5.80. The summed E-state index contributed by atoms with van der Waals surface area (Å²) in [7, 11) is 0. The van der Waals surface area contributed by atoms with E-state index >= 15 is 0 Å². The van der Waals surface area contributed by atoms with Gasteiger partial charge in [-0.05, 0) is 19.3 Å². The molecule has 1 aliphatic heterocycles. The molecule has 1 heterocycles. The molecule has 2 N–H and O–H groups in total. The predicted octanol–water partition coefficient (Wildman–Crippen LogP) is 2.12. The smallest absolute Gasteiger partial charge is 0.191 e. The lowest BCUT2D eigenvalue weighted by atomic mass is 10.0. The molecule has 1 saturated carbocycles. The number of rotatable bonds is 2. The summed E-state index contributed by atoms with van der Waals surface area (Å²) < 4.78 is 0. The molecule has 3 nitrogen and oxygen atoms in total. The van der Waals surface area contributed by atoms with Crippen LogP contribution in [0.2, 0.25) is 0 Å². The van der Waals surface area contributed by atoms with Crippen LogP contribution in [0.3, 0.4) is 0 Å². The maximum atomic E-state index is 6.00. The molecule has 0 spiro atoms. The summed E-state index contributed by atoms with van der Waals surface area (Å²) >= 11 is 0. The van der Waals surface area contributed by atoms with Crippen LogP contribution < -0.4 is 5.73 Å². The molecule has 1 unspecified atom stereocenters. The first-order chi connectivity index (χ1) is 7.33. The molecule has 0 saturated heterocycles. The number of nitrogens with zero attached hydrogens (tertiary/aromatic N) is 2. The van der Waals surface area contributed by atoms with E-state index in [0.29, 0.717) is 12.1 Å². The Morgan fingerprint density at radius 3 is 2.53 bits per heavy atom. The van der Waals surface area contributed by atoms with Gasteiger partial charge < -0.3 is 10.6 Å². The number of aliphatic imine (C=N–C) groups is 1. The molecule has 0 bridgehead atoms. The summed E-state index contributed by atoms with van der Waals surface area (Å²) in [6, 6.07) is 1.25. The molecule has 0 aromatic carbocycles. The van der Waals surface area contributed by atoms with Crippen molar-refractivity contribution in [3.8, 4) is 0 Å². The lowest BCUT2D eigenvalue weighted by Crippen LogP contribution is -2.47. The fourth-order valence-electron chi connectivity index (χ4n) is 2.90. The molecule has 2 aliphatic rings. The molecule has 1 atom stereocenters. The van der Waals surface area contributed by atoms with Crippen molar-refractivity contribution >= 4 is 5.96 Å². The summed E-state index contributed by atoms with van der Waals surface area (Å²) in [5.74, 6) is 0.800. The predicted molar refractivity (Wildman–Crippen MR) is 63.9 cm³/mol. The van der Waals surface area contributed by atoms with Gasteiger partial charge in [-0.2, -0.15) is 0 Å². The van der Waals surface area contributed by atoms with Crippen molar-refractivity contribution < 1.29 is 0 Å². The van der Waals surface area contributed by atoms with E-state index < -0.39 is 0 Å². The third-order valence-corrected chi connectivity index (χ3v) is 3.81. The highest BCUT2D eigenvalue weighted by Gasteiger charge is 2.30. The minimum absolute atomic E-state index is 0.577. The lowest BCUT2D eigenvalue weighted by Gasteiger charge is -2.33. The van der Waals surface area contributed by atoms with Crippen molar-refractivity contribution in [3.05, 3.63) is 0 Å². The van der Waals surface area contributed by atoms with E-state index in [1.165, 1.54) is 44.9 Å². The first-order valence-electron chi connectivity index (χ1n) is 6.41. The molecule has 0 aromatic rings. The molecule has 3 heteroatoms. The van der Waals surface area contributed by atoms with E-state index in [-0.39, 0.29) is 0 Å². The summed E-state index contributed by atoms with van der Waals surface area (Å²) in [6.45, 7) is 3.15. The van der Waals surface area contributed by atoms with E-state index in [2.05, 4.69) is 16.8 Å². The number of nitrogens with two attached hydrogens (primary N) is 1. The zero-order valence-electron chi connectivity index (χ0n) is 9.78. The molecule has 0 radical (unpaired) electrons. The Morgan fingerprint density at radius 2 is 1.93 bits per heavy atom. The number of hydrogen-bond acceptors (Lipinski definition) is 3. The van der Waals surface area contributed by atoms with Gasteiger partial charge in [0.1, 0.15) is 0 Å². The van der Waals surface area contributed by atoms with E-state index in [9.17, 15) is 0 Å². The first kappa shape index (κ1) is 10.8. The van der Waals surface area contributed by atoms with Gasteiger partial charge >= 0.3 is 0 Å². The maximum Gasteiger partial charge on any atom is 0.191 e. The Bertz CT molecular complexity index is 229. The summed E-state index contributed by atoms with van der Waals surface area (Å²) in [5, 5.41) is 0. The van der Waals surface area contributed by atoms with Crippen LogP contribution in [0.4, 0.5) is 0 Å². The highest BCUT2D eigenvalue weighted by Crippen LogP contribution is 2.26. The van der Waals surface area contributed by atoms with Gasteiger partial charge in [0.05, 0.1) is 12.6 Å². The van der Waals surface area contributed by atoms with Crippen LogP contribution in [-0.2, 0) is 0 Å². The van der Waals surface area contributed by atoms with Gasteiger partial charge in [0, 0.05) is 6.04 Å². The van der Waals surface area contributed by atoms with Gasteiger partial charge in [0.15, 0.2) is 5.96 Å². The van der Waals surface area contributed by atoms with E-state index in [4.69, 9.17) is 5.73 Å². The molecule has 86 valence electrons. The second kappa shape index (κ2) is 4.86. The minimum Gasteiger partial charge on any atom is -0.370 e. The summed E-state index contributed by atoms with van der Waals surface area (Å²) in [6.07, 6.45) is 9.33. The van der Waals surface area contributed by atoms with Gasteiger partial charge in [0.2, 0.25) is 0 Å². The Balaban J connectivity index is 2.02. The van der Waals surface area contributed by atoms with Crippen LogP contribution in [0, 0.1) is 0 Å². The van der Waals surface area contributed by atoms with Crippen LogP contribution in [0.15, 0.2) is 4.99 Å². The number of hydrogen-bond donors (Lipinski definition) is 1. The fraction of sp³-hybridized carbons (Fsp3) is 0.917. The largest absolute Gasteiger partial charge is 0.370 e. The van der Waals surface area contributed by atoms with Crippen LogP contribution in [0.25, 0.3) is 0 Å². The van der Waals surface area contributed by atoms with Crippen molar-refractivity contribution in [1.82, 2.24) is 4.90 Å². The molecule has 0 amide bonds. The SMILES string of the molecule is CCC1CN=C(N)N1C1CCCCCC1. The van der Waals surface area contributed by atoms with E-state index in [1.807, 2.05) is 0 Å². The lowest BCUT2D eigenvalue weighted by molar-refractivity contribution is 0.231. The molecule has 1 fully saturated rings. The second-order valence-corrected chi connectivity index (χ2v) is 4.81. The third kappa shape index (κ3) is 2.27. The Labute approximate surface area is 92.7 Å². The van der Waals surface area contributed by atoms with Crippen molar-refractivity contribution in [1.29, 1.82) is 0 Å². The molecule has 15 heavy (non-hydrogen) atoms. The standard InChI is InChI=1S/C12H23N3/c1-2-10-9-14-12(13)15(10)11-7-5-3-4-6-8-11/h10-11H,2-9H2,1H3,(H2,13,14).